The van der Waals surface area contributed by atoms with Crippen LogP contribution in [0.3, 0.4) is 0 Å². The topological polar surface area (TPSA) is 36.4 Å². The Morgan fingerprint density at radius 2 is 1.74 bits per heavy atom. The molecule has 0 radical (unpaired) electrons. The van der Waals surface area contributed by atoms with Gasteiger partial charge in [0, 0.05) is 6.08 Å². The Labute approximate surface area is 110 Å². The van der Waals surface area contributed by atoms with E-state index in [2.05, 4.69) is 41.2 Å². The Bertz CT molecular complexity index is 860. The molecule has 88 valence electrons. The second-order valence-corrected chi connectivity index (χ2v) is 4.77. The zero-order valence-electron chi connectivity index (χ0n) is 10.2. The third-order valence-corrected chi connectivity index (χ3v) is 3.70. The van der Waals surface area contributed by atoms with Crippen molar-refractivity contribution >= 4 is 28.1 Å². The lowest BCUT2D eigenvalue weighted by Gasteiger charge is -2.07. The molecule has 0 saturated heterocycles. The first-order chi connectivity index (χ1) is 9.36. The monoisotopic (exact) mass is 242 g/mol. The van der Waals surface area contributed by atoms with E-state index in [0.29, 0.717) is 5.71 Å². The van der Waals surface area contributed by atoms with E-state index >= 15 is 0 Å². The molecule has 0 heterocycles. The van der Waals surface area contributed by atoms with Crippen LogP contribution in [0.4, 0.5) is 0 Å². The van der Waals surface area contributed by atoms with Crippen molar-refractivity contribution in [3.8, 4) is 0 Å². The van der Waals surface area contributed by atoms with E-state index in [-0.39, 0.29) is 0 Å². The quantitative estimate of drug-likeness (QED) is 0.497. The summed E-state index contributed by atoms with van der Waals surface area (Å²) in [4.78, 5) is 3.36. The van der Waals surface area contributed by atoms with Gasteiger partial charge in [-0.15, -0.1) is 0 Å². The minimum Gasteiger partial charge on any atom is -0.361 e. The summed E-state index contributed by atoms with van der Waals surface area (Å²) in [6.07, 6.45) is 7.90. The smallest absolute Gasteiger partial charge is 0.323 e. The van der Waals surface area contributed by atoms with Crippen LogP contribution in [0.2, 0.25) is 0 Å². The Hall–Kier alpha value is -2.70. The van der Waals surface area contributed by atoms with E-state index in [1.54, 1.807) is 0 Å². The first-order valence-corrected chi connectivity index (χ1v) is 6.23. The van der Waals surface area contributed by atoms with Crippen LogP contribution in [0.15, 0.2) is 60.2 Å². The summed E-state index contributed by atoms with van der Waals surface area (Å²) in [5, 5.41) is 2.46. The summed E-state index contributed by atoms with van der Waals surface area (Å²) < 4.78 is 0. The lowest BCUT2D eigenvalue weighted by atomic mass is 9.94. The van der Waals surface area contributed by atoms with Crippen molar-refractivity contribution in [2.75, 3.05) is 0 Å². The fourth-order valence-electron chi connectivity index (χ4n) is 2.79. The van der Waals surface area contributed by atoms with Crippen LogP contribution in [0.1, 0.15) is 11.1 Å². The molecule has 0 fully saturated rings. The number of nitrogens with zero attached hydrogens (tertiary/aromatic N) is 2. The van der Waals surface area contributed by atoms with Crippen molar-refractivity contribution in [3.63, 3.8) is 0 Å². The van der Waals surface area contributed by atoms with Gasteiger partial charge < -0.3 is 5.53 Å². The van der Waals surface area contributed by atoms with Crippen molar-refractivity contribution in [1.82, 2.24) is 0 Å². The lowest BCUT2D eigenvalue weighted by Crippen LogP contribution is -2.02. The third kappa shape index (κ3) is 1.38. The maximum absolute atomic E-state index is 9.07. The minimum absolute atomic E-state index is 0.623. The zero-order valence-corrected chi connectivity index (χ0v) is 10.2. The Kier molecular flexibility index (Phi) is 1.96. The predicted octanol–water partition coefficient (Wildman–Crippen LogP) is 3.86. The van der Waals surface area contributed by atoms with Crippen LogP contribution in [0.5, 0.6) is 0 Å². The largest absolute Gasteiger partial charge is 0.361 e. The number of allylic oxidation sites excluding steroid dienone is 5. The van der Waals surface area contributed by atoms with Crippen LogP contribution < -0.4 is 0 Å². The van der Waals surface area contributed by atoms with Gasteiger partial charge in [-0.05, 0) is 45.7 Å². The van der Waals surface area contributed by atoms with Crippen LogP contribution in [0.25, 0.3) is 28.0 Å². The fourth-order valence-corrected chi connectivity index (χ4v) is 2.79. The molecule has 2 aromatic carbocycles. The summed E-state index contributed by atoms with van der Waals surface area (Å²) >= 11 is 0. The molecule has 0 bridgehead atoms. The second-order valence-electron chi connectivity index (χ2n) is 4.77. The Morgan fingerprint density at radius 3 is 2.53 bits per heavy atom. The van der Waals surface area contributed by atoms with Gasteiger partial charge in [0.15, 0.2) is 0 Å². The van der Waals surface area contributed by atoms with E-state index in [0.717, 1.165) is 11.1 Å². The highest BCUT2D eigenvalue weighted by Crippen LogP contribution is 2.39. The van der Waals surface area contributed by atoms with E-state index in [4.69, 9.17) is 5.53 Å². The van der Waals surface area contributed by atoms with Gasteiger partial charge >= 0.3 is 5.71 Å². The molecule has 0 amide bonds. The maximum atomic E-state index is 9.07. The van der Waals surface area contributed by atoms with Gasteiger partial charge in [0.25, 0.3) is 0 Å². The Morgan fingerprint density at radius 1 is 0.947 bits per heavy atom. The average Bonchev–Trinajstić information content (AvgIpc) is 2.82. The number of hydrogen-bond acceptors (Lipinski definition) is 0. The standard InChI is InChI=1S/C17H10N2/c18-19-17-7-3-6-14-15-9-12-5-2-1-4-11(12)8-13(15)10-16(14)17/h1-10H. The molecular formula is C17H10N2. The molecule has 0 spiro atoms. The molecule has 0 atom stereocenters. The molecule has 2 heteroatoms. The number of benzene rings is 2. The van der Waals surface area contributed by atoms with Crippen LogP contribution in [-0.2, 0) is 0 Å². The van der Waals surface area contributed by atoms with Crippen molar-refractivity contribution in [3.05, 3.63) is 76.9 Å². The molecular weight excluding hydrogens is 232 g/mol. The van der Waals surface area contributed by atoms with Crippen LogP contribution in [0, 0.1) is 0 Å². The number of fused-ring (bicyclic) bond motifs is 4. The highest BCUT2D eigenvalue weighted by atomic mass is 14.9. The van der Waals surface area contributed by atoms with E-state index in [1.165, 1.54) is 21.9 Å². The molecule has 0 saturated carbocycles. The summed E-state index contributed by atoms with van der Waals surface area (Å²) in [5.41, 5.74) is 14.2. The van der Waals surface area contributed by atoms with Crippen molar-refractivity contribution in [1.29, 1.82) is 0 Å². The van der Waals surface area contributed by atoms with Gasteiger partial charge in [0.05, 0.1) is 5.57 Å². The molecule has 0 aromatic heterocycles. The normalized spacial score (nSPS) is 15.7. The molecule has 2 nitrogen and oxygen atoms in total. The highest BCUT2D eigenvalue weighted by Gasteiger charge is 2.27. The van der Waals surface area contributed by atoms with E-state index in [9.17, 15) is 0 Å². The van der Waals surface area contributed by atoms with Gasteiger partial charge in [-0.2, -0.15) is 4.79 Å². The summed E-state index contributed by atoms with van der Waals surface area (Å²) in [6, 6.07) is 12.7. The predicted molar refractivity (Wildman–Crippen MR) is 77.7 cm³/mol. The van der Waals surface area contributed by atoms with Gasteiger partial charge in [0.2, 0.25) is 0 Å². The van der Waals surface area contributed by atoms with Crippen molar-refractivity contribution in [2.45, 2.75) is 0 Å². The third-order valence-electron chi connectivity index (χ3n) is 3.70. The number of rotatable bonds is 0. The first kappa shape index (κ1) is 10.2. The molecule has 0 N–H and O–H groups in total. The van der Waals surface area contributed by atoms with E-state index < -0.39 is 0 Å². The minimum atomic E-state index is 0.623. The summed E-state index contributed by atoms with van der Waals surface area (Å²) in [5.74, 6) is 0. The van der Waals surface area contributed by atoms with Gasteiger partial charge in [0.1, 0.15) is 0 Å². The Balaban J connectivity index is 2.04. The van der Waals surface area contributed by atoms with Gasteiger partial charge in [-0.3, -0.25) is 0 Å². The lowest BCUT2D eigenvalue weighted by molar-refractivity contribution is -0.00205. The summed E-state index contributed by atoms with van der Waals surface area (Å²) in [6.45, 7) is 0. The van der Waals surface area contributed by atoms with Crippen LogP contribution in [-0.4, -0.2) is 10.5 Å². The van der Waals surface area contributed by atoms with Crippen molar-refractivity contribution < 1.29 is 4.79 Å². The maximum Gasteiger partial charge on any atom is 0.323 e. The van der Waals surface area contributed by atoms with Crippen molar-refractivity contribution in [2.24, 2.45) is 0 Å². The van der Waals surface area contributed by atoms with Gasteiger partial charge in [-0.1, -0.05) is 36.4 Å². The molecule has 2 aliphatic rings. The summed E-state index contributed by atoms with van der Waals surface area (Å²) in [7, 11) is 0. The first-order valence-electron chi connectivity index (χ1n) is 6.23. The zero-order chi connectivity index (χ0) is 12.8. The molecule has 0 unspecified atom stereocenters. The molecule has 2 aromatic rings. The highest BCUT2D eigenvalue weighted by molar-refractivity contribution is 6.24. The molecule has 2 aliphatic carbocycles. The van der Waals surface area contributed by atoms with Crippen LogP contribution >= 0.6 is 0 Å². The van der Waals surface area contributed by atoms with Gasteiger partial charge in [-0.25, -0.2) is 0 Å². The SMILES string of the molecule is [N-]=[N+]=C1C=CC=C2C1=Cc1cc3ccccc3cc12. The average molecular weight is 242 g/mol. The molecule has 0 aliphatic heterocycles. The molecule has 19 heavy (non-hydrogen) atoms. The second kappa shape index (κ2) is 3.64. The molecule has 4 rings (SSSR count). The fraction of sp³-hybridized carbons (Fsp3) is 0. The number of hydrogen-bond donors (Lipinski definition) is 0. The van der Waals surface area contributed by atoms with E-state index in [1.807, 2.05) is 24.3 Å².